The molecule has 176 valence electrons. The number of amides is 2. The summed E-state index contributed by atoms with van der Waals surface area (Å²) in [5, 5.41) is 3.09. The largest absolute Gasteiger partial charge is 0.416 e. The van der Waals surface area contributed by atoms with Gasteiger partial charge in [0.25, 0.3) is 0 Å². The van der Waals surface area contributed by atoms with Gasteiger partial charge in [-0.25, -0.2) is 0 Å². The predicted octanol–water partition coefficient (Wildman–Crippen LogP) is 4.71. The topological polar surface area (TPSA) is 52.7 Å². The van der Waals surface area contributed by atoms with E-state index in [9.17, 15) is 22.8 Å². The number of piperazine rings is 1. The Balaban J connectivity index is 1.62. The number of nitrogens with zero attached hydrogens (tertiary/aromatic N) is 2. The first-order valence-electron chi connectivity index (χ1n) is 10.9. The molecule has 2 aromatic carbocycles. The van der Waals surface area contributed by atoms with Gasteiger partial charge >= 0.3 is 6.18 Å². The number of thioether (sulfide) groups is 1. The molecule has 4 rings (SSSR count). The second-order valence-electron chi connectivity index (χ2n) is 8.40. The number of rotatable bonds is 5. The van der Waals surface area contributed by atoms with E-state index in [1.54, 1.807) is 22.7 Å². The Labute approximate surface area is 195 Å². The van der Waals surface area contributed by atoms with E-state index >= 15 is 0 Å². The Morgan fingerprint density at radius 3 is 2.39 bits per heavy atom. The second kappa shape index (κ2) is 9.67. The second-order valence-corrected chi connectivity index (χ2v) is 9.28. The zero-order valence-corrected chi connectivity index (χ0v) is 19.1. The molecule has 1 atom stereocenters. The van der Waals surface area contributed by atoms with Gasteiger partial charge < -0.3 is 10.2 Å². The first kappa shape index (κ1) is 23.5. The van der Waals surface area contributed by atoms with Crippen molar-refractivity contribution in [1.29, 1.82) is 0 Å². The van der Waals surface area contributed by atoms with Gasteiger partial charge in [0.1, 0.15) is 6.04 Å². The Hall–Kier alpha value is -2.68. The van der Waals surface area contributed by atoms with Crippen LogP contribution in [-0.4, -0.2) is 43.2 Å². The van der Waals surface area contributed by atoms with Crippen LogP contribution in [0.2, 0.25) is 0 Å². The van der Waals surface area contributed by atoms with E-state index in [0.29, 0.717) is 11.4 Å². The van der Waals surface area contributed by atoms with Crippen molar-refractivity contribution >= 4 is 35.0 Å². The van der Waals surface area contributed by atoms with Crippen molar-refractivity contribution < 1.29 is 22.8 Å². The number of carbonyl (C=O) groups excluding carboxylic acids is 2. The quantitative estimate of drug-likeness (QED) is 0.634. The molecule has 1 aliphatic carbocycles. The molecule has 2 aliphatic rings. The van der Waals surface area contributed by atoms with Crippen molar-refractivity contribution in [3.8, 4) is 0 Å². The molecule has 1 aliphatic heterocycles. The highest BCUT2D eigenvalue weighted by Gasteiger charge is 2.39. The molecule has 1 unspecified atom stereocenters. The molecule has 0 bridgehead atoms. The number of nitrogens with one attached hydrogen (secondary N) is 1. The van der Waals surface area contributed by atoms with Crippen LogP contribution in [-0.2, 0) is 15.8 Å². The molecule has 1 N–H and O–H groups in total. The summed E-state index contributed by atoms with van der Waals surface area (Å²) in [6.07, 6.45) is 1.46. The maximum atomic E-state index is 13.3. The third-order valence-corrected chi connectivity index (χ3v) is 6.92. The van der Waals surface area contributed by atoms with Crippen molar-refractivity contribution in [3.63, 3.8) is 0 Å². The molecule has 9 heteroatoms. The fourth-order valence-corrected chi connectivity index (χ4v) is 4.93. The molecule has 2 amide bonds. The molecule has 1 saturated carbocycles. The zero-order chi connectivity index (χ0) is 23.6. The minimum absolute atomic E-state index is 0.0257. The lowest BCUT2D eigenvalue weighted by Gasteiger charge is -2.41. The van der Waals surface area contributed by atoms with Crippen LogP contribution in [0.25, 0.3) is 0 Å². The molecule has 0 spiro atoms. The van der Waals surface area contributed by atoms with Gasteiger partial charge in [-0.2, -0.15) is 13.2 Å². The van der Waals surface area contributed by atoms with Gasteiger partial charge in [-0.05, 0) is 61.6 Å². The highest BCUT2D eigenvalue weighted by atomic mass is 32.2. The van der Waals surface area contributed by atoms with Crippen LogP contribution >= 0.6 is 11.8 Å². The summed E-state index contributed by atoms with van der Waals surface area (Å²) in [4.78, 5) is 30.8. The maximum Gasteiger partial charge on any atom is 0.416 e. The third-order valence-electron chi connectivity index (χ3n) is 6.20. The van der Waals surface area contributed by atoms with Crippen molar-refractivity contribution in [2.45, 2.75) is 48.8 Å². The molecule has 33 heavy (non-hydrogen) atoms. The first-order chi connectivity index (χ1) is 15.8. The SMILES string of the molecule is CSc1cccc(N2C(=O)CN(c3ccc(C(F)(F)F)cc3)CC2C(=O)NC2CCCC2)c1. The average molecular weight is 478 g/mol. The Bertz CT molecular complexity index is 1010. The molecular weight excluding hydrogens is 451 g/mol. The van der Waals surface area contributed by atoms with E-state index in [1.165, 1.54) is 17.0 Å². The van der Waals surface area contributed by atoms with Crippen molar-refractivity contribution in [2.24, 2.45) is 0 Å². The normalized spacial score (nSPS) is 19.8. The Morgan fingerprint density at radius 2 is 1.76 bits per heavy atom. The van der Waals surface area contributed by atoms with Gasteiger partial charge in [0.15, 0.2) is 0 Å². The lowest BCUT2D eigenvalue weighted by atomic mass is 10.1. The van der Waals surface area contributed by atoms with Gasteiger partial charge in [0, 0.05) is 28.9 Å². The fourth-order valence-electron chi connectivity index (χ4n) is 4.48. The smallest absolute Gasteiger partial charge is 0.360 e. The summed E-state index contributed by atoms with van der Waals surface area (Å²) in [6, 6.07) is 11.5. The van der Waals surface area contributed by atoms with Gasteiger partial charge in [-0.15, -0.1) is 11.8 Å². The lowest BCUT2D eigenvalue weighted by molar-refractivity contribution is -0.137. The number of halogens is 3. The zero-order valence-electron chi connectivity index (χ0n) is 18.3. The fraction of sp³-hybridized carbons (Fsp3) is 0.417. The third kappa shape index (κ3) is 5.29. The number of hydrogen-bond donors (Lipinski definition) is 1. The number of hydrogen-bond acceptors (Lipinski definition) is 4. The van der Waals surface area contributed by atoms with E-state index in [1.807, 2.05) is 24.5 Å². The molecule has 2 fully saturated rings. The summed E-state index contributed by atoms with van der Waals surface area (Å²) in [6.45, 7) is 0.168. The van der Waals surface area contributed by atoms with Crippen LogP contribution < -0.4 is 15.1 Å². The van der Waals surface area contributed by atoms with E-state index in [-0.39, 0.29) is 30.9 Å². The van der Waals surface area contributed by atoms with Gasteiger partial charge in [-0.1, -0.05) is 18.9 Å². The van der Waals surface area contributed by atoms with Crippen LogP contribution in [0.4, 0.5) is 24.5 Å². The van der Waals surface area contributed by atoms with Crippen LogP contribution in [0, 0.1) is 0 Å². The van der Waals surface area contributed by atoms with Crippen molar-refractivity contribution in [3.05, 3.63) is 54.1 Å². The van der Waals surface area contributed by atoms with Gasteiger partial charge in [0.2, 0.25) is 11.8 Å². The average Bonchev–Trinajstić information content (AvgIpc) is 3.31. The standard InChI is InChI=1S/C24H26F3N3O2S/c1-33-20-8-4-7-19(13-20)30-21(23(32)28-17-5-2-3-6-17)14-29(15-22(30)31)18-11-9-16(10-12-18)24(25,26)27/h4,7-13,17,21H,2-3,5-6,14-15H2,1H3,(H,28,32). The molecular formula is C24H26F3N3O2S. The van der Waals surface area contributed by atoms with Crippen LogP contribution in [0.3, 0.4) is 0 Å². The first-order valence-corrected chi connectivity index (χ1v) is 12.2. The predicted molar refractivity (Wildman–Crippen MR) is 124 cm³/mol. The Morgan fingerprint density at radius 1 is 1.06 bits per heavy atom. The molecule has 0 radical (unpaired) electrons. The summed E-state index contributed by atoms with van der Waals surface area (Å²) in [7, 11) is 0. The number of anilines is 2. The molecule has 0 aromatic heterocycles. The highest BCUT2D eigenvalue weighted by Crippen LogP contribution is 2.32. The van der Waals surface area contributed by atoms with Crippen molar-refractivity contribution in [1.82, 2.24) is 5.32 Å². The summed E-state index contributed by atoms with van der Waals surface area (Å²) in [5.74, 6) is -0.507. The van der Waals surface area contributed by atoms with Gasteiger partial charge in [0.05, 0.1) is 12.1 Å². The minimum atomic E-state index is -4.43. The number of benzene rings is 2. The lowest BCUT2D eigenvalue weighted by Crippen LogP contribution is -2.62. The van der Waals surface area contributed by atoms with Crippen LogP contribution in [0.5, 0.6) is 0 Å². The van der Waals surface area contributed by atoms with Crippen molar-refractivity contribution in [2.75, 3.05) is 29.1 Å². The summed E-state index contributed by atoms with van der Waals surface area (Å²) in [5.41, 5.74) is 0.374. The van der Waals surface area contributed by atoms with E-state index in [2.05, 4.69) is 5.32 Å². The minimum Gasteiger partial charge on any atom is -0.360 e. The molecule has 2 aromatic rings. The monoisotopic (exact) mass is 477 g/mol. The van der Waals surface area contributed by atoms with E-state index in [4.69, 9.17) is 0 Å². The molecule has 1 heterocycles. The Kier molecular flexibility index (Phi) is 6.88. The molecule has 1 saturated heterocycles. The maximum absolute atomic E-state index is 13.3. The van der Waals surface area contributed by atoms with E-state index in [0.717, 1.165) is 42.7 Å². The highest BCUT2D eigenvalue weighted by molar-refractivity contribution is 7.98. The van der Waals surface area contributed by atoms with Gasteiger partial charge in [-0.3, -0.25) is 14.5 Å². The number of alkyl halides is 3. The van der Waals surface area contributed by atoms with Crippen LogP contribution in [0.1, 0.15) is 31.2 Å². The molecule has 5 nitrogen and oxygen atoms in total. The summed E-state index contributed by atoms with van der Waals surface area (Å²) >= 11 is 1.54. The van der Waals surface area contributed by atoms with Crippen LogP contribution in [0.15, 0.2) is 53.4 Å². The number of carbonyl (C=O) groups is 2. The van der Waals surface area contributed by atoms with E-state index < -0.39 is 17.8 Å². The summed E-state index contributed by atoms with van der Waals surface area (Å²) < 4.78 is 38.9.